The van der Waals surface area contributed by atoms with Gasteiger partial charge in [-0.1, -0.05) is 18.6 Å². The average molecular weight is 280 g/mol. The normalized spacial score (nSPS) is 25.6. The van der Waals surface area contributed by atoms with Gasteiger partial charge in [0, 0.05) is 13.6 Å². The van der Waals surface area contributed by atoms with E-state index in [1.807, 2.05) is 11.9 Å². The van der Waals surface area contributed by atoms with Crippen LogP contribution in [0.15, 0.2) is 24.3 Å². The van der Waals surface area contributed by atoms with E-state index in [0.29, 0.717) is 25.1 Å². The SMILES string of the molecule is CN(CCC1CCCC1(N)C(=O)O)c1ccccc1F. The Morgan fingerprint density at radius 1 is 1.55 bits per heavy atom. The molecule has 1 aliphatic carbocycles. The minimum Gasteiger partial charge on any atom is -0.480 e. The fourth-order valence-electron chi connectivity index (χ4n) is 3.02. The van der Waals surface area contributed by atoms with Gasteiger partial charge in [-0.25, -0.2) is 4.39 Å². The zero-order chi connectivity index (χ0) is 14.8. The Labute approximate surface area is 118 Å². The van der Waals surface area contributed by atoms with Gasteiger partial charge in [0.2, 0.25) is 0 Å². The van der Waals surface area contributed by atoms with Gasteiger partial charge in [0.1, 0.15) is 11.4 Å². The molecule has 5 heteroatoms. The Hall–Kier alpha value is -1.62. The molecule has 0 saturated heterocycles. The van der Waals surface area contributed by atoms with Gasteiger partial charge in [-0.05, 0) is 37.3 Å². The van der Waals surface area contributed by atoms with E-state index in [1.165, 1.54) is 6.07 Å². The maximum atomic E-state index is 13.7. The van der Waals surface area contributed by atoms with Crippen LogP contribution in [0, 0.1) is 11.7 Å². The number of carbonyl (C=O) groups is 1. The number of carboxylic acid groups (broad SMARTS) is 1. The molecule has 0 amide bonds. The Balaban J connectivity index is 1.99. The van der Waals surface area contributed by atoms with Crippen molar-refractivity contribution in [3.05, 3.63) is 30.1 Å². The van der Waals surface area contributed by atoms with Gasteiger partial charge in [0.15, 0.2) is 0 Å². The number of hydrogen-bond acceptors (Lipinski definition) is 3. The Morgan fingerprint density at radius 2 is 2.25 bits per heavy atom. The van der Waals surface area contributed by atoms with Crippen LogP contribution in [0.3, 0.4) is 0 Å². The average Bonchev–Trinajstić information content (AvgIpc) is 2.79. The van der Waals surface area contributed by atoms with Gasteiger partial charge in [-0.2, -0.15) is 0 Å². The fraction of sp³-hybridized carbons (Fsp3) is 0.533. The second-order valence-electron chi connectivity index (χ2n) is 5.60. The maximum absolute atomic E-state index is 13.7. The molecule has 2 rings (SSSR count). The molecule has 3 N–H and O–H groups in total. The number of para-hydroxylation sites is 1. The minimum atomic E-state index is -1.12. The van der Waals surface area contributed by atoms with Gasteiger partial charge < -0.3 is 15.7 Å². The van der Waals surface area contributed by atoms with Gasteiger partial charge in [-0.15, -0.1) is 0 Å². The van der Waals surface area contributed by atoms with Crippen LogP contribution in [0.5, 0.6) is 0 Å². The molecule has 1 aromatic rings. The van der Waals surface area contributed by atoms with Crippen molar-refractivity contribution in [3.8, 4) is 0 Å². The Bertz CT molecular complexity index is 495. The van der Waals surface area contributed by atoms with Crippen LogP contribution in [-0.2, 0) is 4.79 Å². The van der Waals surface area contributed by atoms with Crippen LogP contribution in [-0.4, -0.2) is 30.2 Å². The molecule has 0 aliphatic heterocycles. The molecule has 0 aromatic heterocycles. The number of carboxylic acids is 1. The van der Waals surface area contributed by atoms with Crippen molar-refractivity contribution in [2.24, 2.45) is 11.7 Å². The fourth-order valence-corrected chi connectivity index (χ4v) is 3.02. The van der Waals surface area contributed by atoms with E-state index in [9.17, 15) is 14.3 Å². The minimum absolute atomic E-state index is 0.0470. The first-order valence-electron chi connectivity index (χ1n) is 6.93. The van der Waals surface area contributed by atoms with Crippen molar-refractivity contribution in [1.29, 1.82) is 0 Å². The number of hydrogen-bond donors (Lipinski definition) is 2. The van der Waals surface area contributed by atoms with Crippen molar-refractivity contribution in [3.63, 3.8) is 0 Å². The quantitative estimate of drug-likeness (QED) is 0.868. The lowest BCUT2D eigenvalue weighted by molar-refractivity contribution is -0.144. The summed E-state index contributed by atoms with van der Waals surface area (Å²) < 4.78 is 13.7. The molecule has 2 atom stereocenters. The van der Waals surface area contributed by atoms with Crippen molar-refractivity contribution < 1.29 is 14.3 Å². The van der Waals surface area contributed by atoms with E-state index in [-0.39, 0.29) is 11.7 Å². The summed E-state index contributed by atoms with van der Waals surface area (Å²) in [6, 6.07) is 6.58. The first-order chi connectivity index (χ1) is 9.45. The zero-order valence-corrected chi connectivity index (χ0v) is 11.7. The highest BCUT2D eigenvalue weighted by molar-refractivity contribution is 5.79. The summed E-state index contributed by atoms with van der Waals surface area (Å²) in [5.74, 6) is -1.23. The maximum Gasteiger partial charge on any atom is 0.323 e. The van der Waals surface area contributed by atoms with Crippen molar-refractivity contribution in [1.82, 2.24) is 0 Å². The van der Waals surface area contributed by atoms with Gasteiger partial charge in [0.05, 0.1) is 5.69 Å². The Kier molecular flexibility index (Phi) is 4.28. The van der Waals surface area contributed by atoms with E-state index < -0.39 is 11.5 Å². The summed E-state index contributed by atoms with van der Waals surface area (Å²) in [7, 11) is 1.81. The number of benzene rings is 1. The first-order valence-corrected chi connectivity index (χ1v) is 6.93. The highest BCUT2D eigenvalue weighted by Gasteiger charge is 2.45. The molecule has 1 saturated carbocycles. The molecule has 0 spiro atoms. The van der Waals surface area contributed by atoms with E-state index in [2.05, 4.69) is 0 Å². The lowest BCUT2D eigenvalue weighted by atomic mass is 9.85. The highest BCUT2D eigenvalue weighted by atomic mass is 19.1. The van der Waals surface area contributed by atoms with Crippen LogP contribution in [0.2, 0.25) is 0 Å². The third kappa shape index (κ3) is 2.77. The van der Waals surface area contributed by atoms with Gasteiger partial charge in [0.25, 0.3) is 0 Å². The summed E-state index contributed by atoms with van der Waals surface area (Å²) in [5.41, 5.74) is 5.42. The standard InChI is InChI=1S/C15H21FN2O2/c1-18(13-7-3-2-6-12(13)16)10-8-11-5-4-9-15(11,17)14(19)20/h2-3,6-7,11H,4-5,8-10,17H2,1H3,(H,19,20). The molecule has 0 radical (unpaired) electrons. The first kappa shape index (κ1) is 14.8. The summed E-state index contributed by atoms with van der Waals surface area (Å²) in [6.07, 6.45) is 2.86. The van der Waals surface area contributed by atoms with Crippen LogP contribution in [0.1, 0.15) is 25.7 Å². The second-order valence-corrected chi connectivity index (χ2v) is 5.60. The van der Waals surface area contributed by atoms with Crippen LogP contribution >= 0.6 is 0 Å². The number of halogens is 1. The molecular weight excluding hydrogens is 259 g/mol. The van der Waals surface area contributed by atoms with Gasteiger partial charge >= 0.3 is 5.97 Å². The highest BCUT2D eigenvalue weighted by Crippen LogP contribution is 2.36. The predicted octanol–water partition coefficient (Wildman–Crippen LogP) is 2.23. The molecule has 1 aromatic carbocycles. The number of nitrogens with two attached hydrogens (primary N) is 1. The van der Waals surface area contributed by atoms with Crippen LogP contribution in [0.4, 0.5) is 10.1 Å². The largest absolute Gasteiger partial charge is 0.480 e. The van der Waals surface area contributed by atoms with Crippen LogP contribution < -0.4 is 10.6 Å². The molecular formula is C15H21FN2O2. The van der Waals surface area contributed by atoms with Gasteiger partial charge in [-0.3, -0.25) is 4.79 Å². The molecule has 0 bridgehead atoms. The third-order valence-electron chi connectivity index (χ3n) is 4.35. The lowest BCUT2D eigenvalue weighted by Gasteiger charge is -2.29. The zero-order valence-electron chi connectivity index (χ0n) is 11.7. The molecule has 20 heavy (non-hydrogen) atoms. The Morgan fingerprint density at radius 3 is 2.90 bits per heavy atom. The van der Waals surface area contributed by atoms with Crippen LogP contribution in [0.25, 0.3) is 0 Å². The van der Waals surface area contributed by atoms with E-state index >= 15 is 0 Å². The molecule has 2 unspecified atom stereocenters. The smallest absolute Gasteiger partial charge is 0.323 e. The summed E-state index contributed by atoms with van der Waals surface area (Å²) in [6.45, 7) is 0.595. The number of rotatable bonds is 5. The number of aliphatic carboxylic acids is 1. The summed E-state index contributed by atoms with van der Waals surface area (Å²) in [4.78, 5) is 13.1. The van der Waals surface area contributed by atoms with E-state index in [1.54, 1.807) is 18.2 Å². The topological polar surface area (TPSA) is 66.6 Å². The molecule has 1 aliphatic rings. The van der Waals surface area contributed by atoms with E-state index in [0.717, 1.165) is 12.8 Å². The molecule has 110 valence electrons. The predicted molar refractivity (Wildman–Crippen MR) is 76.2 cm³/mol. The molecule has 1 fully saturated rings. The third-order valence-corrected chi connectivity index (χ3v) is 4.35. The summed E-state index contributed by atoms with van der Waals surface area (Å²) >= 11 is 0. The summed E-state index contributed by atoms with van der Waals surface area (Å²) in [5, 5.41) is 9.27. The number of nitrogens with zero attached hydrogens (tertiary/aromatic N) is 1. The lowest BCUT2D eigenvalue weighted by Crippen LogP contribution is -2.51. The molecule has 4 nitrogen and oxygen atoms in total. The molecule has 0 heterocycles. The van der Waals surface area contributed by atoms with E-state index in [4.69, 9.17) is 5.73 Å². The van der Waals surface area contributed by atoms with Crippen molar-refractivity contribution in [2.75, 3.05) is 18.5 Å². The van der Waals surface area contributed by atoms with Crippen molar-refractivity contribution >= 4 is 11.7 Å². The van der Waals surface area contributed by atoms with Crippen molar-refractivity contribution in [2.45, 2.75) is 31.2 Å². The monoisotopic (exact) mass is 280 g/mol. The second kappa shape index (κ2) is 5.79. The number of anilines is 1.